The van der Waals surface area contributed by atoms with Gasteiger partial charge in [-0.05, 0) is 68.4 Å². The number of pyridine rings is 2. The molecule has 214 valence electrons. The van der Waals surface area contributed by atoms with E-state index in [0.29, 0.717) is 44.0 Å². The molecule has 3 N–H and O–H groups in total. The number of rotatable bonds is 6. The molecular weight excluding hydrogens is 550 g/mol. The summed E-state index contributed by atoms with van der Waals surface area (Å²) in [5.74, 6) is 0.478. The van der Waals surface area contributed by atoms with Gasteiger partial charge in [-0.25, -0.2) is 13.8 Å². The molecule has 0 radical (unpaired) electrons. The fourth-order valence-corrected chi connectivity index (χ4v) is 6.62. The molecule has 8 nitrogen and oxygen atoms in total. The number of nitrogen functional groups attached to an aromatic ring is 1. The zero-order valence-corrected chi connectivity index (χ0v) is 23.4. The summed E-state index contributed by atoms with van der Waals surface area (Å²) in [5.41, 5.74) is 8.28. The second-order valence-corrected chi connectivity index (χ2v) is 11.8. The van der Waals surface area contributed by atoms with Crippen molar-refractivity contribution in [3.63, 3.8) is 0 Å². The molecule has 0 unspecified atom stereocenters. The molecule has 11 heteroatoms. The number of nitrogens with two attached hydrogens (primary N) is 1. The highest BCUT2D eigenvalue weighted by Crippen LogP contribution is 2.49. The van der Waals surface area contributed by atoms with E-state index in [9.17, 15) is 18.4 Å². The SMILES string of the molecule is Cc1ccc(N)c(N2CC3(C2)C(=O)N(CC2CCC(NC(=O)c4cc(Cl)cnc4C(F)F)CC2)c2ccccc23)n1. The molecule has 6 rings (SSSR count). The van der Waals surface area contributed by atoms with E-state index in [4.69, 9.17) is 17.3 Å². The Morgan fingerprint density at radius 2 is 1.90 bits per heavy atom. The van der Waals surface area contributed by atoms with Gasteiger partial charge in [-0.1, -0.05) is 29.8 Å². The molecule has 0 bridgehead atoms. The van der Waals surface area contributed by atoms with E-state index in [1.165, 1.54) is 6.07 Å². The molecule has 1 spiro atoms. The van der Waals surface area contributed by atoms with Crippen LogP contribution in [0.15, 0.2) is 48.7 Å². The van der Waals surface area contributed by atoms with Crippen molar-refractivity contribution < 1.29 is 18.4 Å². The number of hydrogen-bond acceptors (Lipinski definition) is 6. The number of aryl methyl sites for hydroxylation is 1. The third kappa shape index (κ3) is 4.88. The predicted molar refractivity (Wildman–Crippen MR) is 153 cm³/mol. The number of hydrogen-bond donors (Lipinski definition) is 2. The van der Waals surface area contributed by atoms with Gasteiger partial charge in [0.15, 0.2) is 5.82 Å². The number of anilines is 3. The van der Waals surface area contributed by atoms with Crippen molar-refractivity contribution in [2.45, 2.75) is 50.5 Å². The number of amides is 2. The van der Waals surface area contributed by atoms with Gasteiger partial charge in [0.2, 0.25) is 5.91 Å². The molecule has 3 aliphatic rings. The summed E-state index contributed by atoms with van der Waals surface area (Å²) >= 11 is 5.91. The average molecular weight is 581 g/mol. The van der Waals surface area contributed by atoms with Crippen molar-refractivity contribution in [3.05, 3.63) is 76.2 Å². The smallest absolute Gasteiger partial charge is 0.281 e. The standard InChI is InChI=1S/C30H31ClF2N6O2/c1-17-6-11-23(34)27(36-17)38-15-30(16-38)22-4-2-3-5-24(22)39(29(30)41)14-18-7-9-20(10-8-18)37-28(40)21-12-19(31)13-35-25(21)26(32)33/h2-6,11-13,18,20,26H,7-10,14-16,34H2,1H3,(H,37,40). The van der Waals surface area contributed by atoms with Crippen LogP contribution in [0, 0.1) is 12.8 Å². The van der Waals surface area contributed by atoms with Crippen LogP contribution < -0.4 is 20.9 Å². The Morgan fingerprint density at radius 1 is 1.17 bits per heavy atom. The minimum atomic E-state index is -2.87. The van der Waals surface area contributed by atoms with Crippen LogP contribution in [-0.2, 0) is 10.2 Å². The van der Waals surface area contributed by atoms with Crippen LogP contribution in [0.2, 0.25) is 5.02 Å². The largest absolute Gasteiger partial charge is 0.396 e. The zero-order chi connectivity index (χ0) is 28.9. The summed E-state index contributed by atoms with van der Waals surface area (Å²) in [6, 6.07) is 12.8. The molecule has 1 saturated heterocycles. The molecule has 4 heterocycles. The first-order chi connectivity index (χ1) is 19.7. The molecule has 2 aromatic heterocycles. The quantitative estimate of drug-likeness (QED) is 0.423. The van der Waals surface area contributed by atoms with Gasteiger partial charge in [0.25, 0.3) is 12.3 Å². The van der Waals surface area contributed by atoms with E-state index in [1.807, 2.05) is 48.2 Å². The lowest BCUT2D eigenvalue weighted by Crippen LogP contribution is -2.64. The number of fused-ring (bicyclic) bond motifs is 2. The van der Waals surface area contributed by atoms with Gasteiger partial charge in [-0.3, -0.25) is 14.6 Å². The third-order valence-electron chi connectivity index (χ3n) is 8.59. The average Bonchev–Trinajstić information content (AvgIpc) is 3.18. The summed E-state index contributed by atoms with van der Waals surface area (Å²) in [4.78, 5) is 39.0. The lowest BCUT2D eigenvalue weighted by molar-refractivity contribution is -0.124. The highest BCUT2D eigenvalue weighted by Gasteiger charge is 2.58. The number of halogens is 3. The highest BCUT2D eigenvalue weighted by molar-refractivity contribution is 6.30. The summed E-state index contributed by atoms with van der Waals surface area (Å²) in [7, 11) is 0. The normalized spacial score (nSPS) is 21.2. The fraction of sp³-hybridized carbons (Fsp3) is 0.400. The van der Waals surface area contributed by atoms with Crippen molar-refractivity contribution in [2.24, 2.45) is 5.92 Å². The summed E-state index contributed by atoms with van der Waals surface area (Å²) in [6.07, 6.45) is 1.22. The molecule has 1 aromatic carbocycles. The van der Waals surface area contributed by atoms with Crippen LogP contribution in [0.1, 0.15) is 59.4 Å². The van der Waals surface area contributed by atoms with E-state index in [1.54, 1.807) is 0 Å². The monoisotopic (exact) mass is 580 g/mol. The molecule has 0 atom stereocenters. The maximum Gasteiger partial charge on any atom is 0.281 e. The van der Waals surface area contributed by atoms with Crippen LogP contribution in [0.5, 0.6) is 0 Å². The van der Waals surface area contributed by atoms with Crippen LogP contribution >= 0.6 is 11.6 Å². The van der Waals surface area contributed by atoms with E-state index in [0.717, 1.165) is 36.0 Å². The van der Waals surface area contributed by atoms with Gasteiger partial charge in [0.05, 0.1) is 16.3 Å². The van der Waals surface area contributed by atoms with E-state index in [-0.39, 0.29) is 28.5 Å². The Hall–Kier alpha value is -3.79. The number of carbonyl (C=O) groups is 2. The second kappa shape index (κ2) is 10.6. The number of nitrogens with zero attached hydrogens (tertiary/aromatic N) is 4. The van der Waals surface area contributed by atoms with Crippen LogP contribution in [0.3, 0.4) is 0 Å². The number of alkyl halides is 2. The fourth-order valence-electron chi connectivity index (χ4n) is 6.46. The molecule has 41 heavy (non-hydrogen) atoms. The Morgan fingerprint density at radius 3 is 2.63 bits per heavy atom. The zero-order valence-electron chi connectivity index (χ0n) is 22.6. The van der Waals surface area contributed by atoms with Gasteiger partial charge in [-0.15, -0.1) is 0 Å². The number of benzene rings is 1. The van der Waals surface area contributed by atoms with Gasteiger partial charge in [0.1, 0.15) is 11.1 Å². The number of para-hydroxylation sites is 1. The van der Waals surface area contributed by atoms with Gasteiger partial charge >= 0.3 is 0 Å². The predicted octanol–water partition coefficient (Wildman–Crippen LogP) is 5.05. The van der Waals surface area contributed by atoms with Crippen molar-refractivity contribution in [3.8, 4) is 0 Å². The van der Waals surface area contributed by atoms with E-state index < -0.39 is 23.4 Å². The third-order valence-corrected chi connectivity index (χ3v) is 8.80. The Bertz CT molecular complexity index is 1500. The van der Waals surface area contributed by atoms with Gasteiger partial charge in [-0.2, -0.15) is 0 Å². The molecule has 2 aliphatic heterocycles. The topological polar surface area (TPSA) is 104 Å². The van der Waals surface area contributed by atoms with Crippen molar-refractivity contribution in [1.29, 1.82) is 0 Å². The van der Waals surface area contributed by atoms with Crippen LogP contribution in [0.4, 0.5) is 26.0 Å². The summed E-state index contributed by atoms with van der Waals surface area (Å²) in [5, 5.41) is 3.01. The second-order valence-electron chi connectivity index (χ2n) is 11.3. The van der Waals surface area contributed by atoms with E-state index >= 15 is 0 Å². The first-order valence-corrected chi connectivity index (χ1v) is 14.2. The lowest BCUT2D eigenvalue weighted by atomic mass is 9.74. The van der Waals surface area contributed by atoms with Crippen molar-refractivity contribution >= 4 is 40.6 Å². The first kappa shape index (κ1) is 27.4. The Labute approximate surface area is 241 Å². The number of nitrogens with one attached hydrogen (secondary N) is 1. The maximum atomic E-state index is 14.0. The molecular formula is C30H31ClF2N6O2. The number of aromatic nitrogens is 2. The van der Waals surface area contributed by atoms with E-state index in [2.05, 4.69) is 20.2 Å². The van der Waals surface area contributed by atoms with Crippen LogP contribution in [0.25, 0.3) is 0 Å². The van der Waals surface area contributed by atoms with Crippen LogP contribution in [-0.4, -0.2) is 47.5 Å². The molecule has 2 amide bonds. The molecule has 1 saturated carbocycles. The minimum Gasteiger partial charge on any atom is -0.396 e. The first-order valence-electron chi connectivity index (χ1n) is 13.8. The lowest BCUT2D eigenvalue weighted by Gasteiger charge is -2.48. The van der Waals surface area contributed by atoms with Crippen molar-refractivity contribution in [1.82, 2.24) is 15.3 Å². The highest BCUT2D eigenvalue weighted by atomic mass is 35.5. The molecule has 1 aliphatic carbocycles. The van der Waals surface area contributed by atoms with Gasteiger partial charge in [0, 0.05) is 43.3 Å². The van der Waals surface area contributed by atoms with Crippen molar-refractivity contribution in [2.75, 3.05) is 35.2 Å². The Kier molecular flexibility index (Phi) is 7.05. The molecule has 3 aromatic rings. The summed E-state index contributed by atoms with van der Waals surface area (Å²) in [6.45, 7) is 3.57. The Balaban J connectivity index is 1.10. The maximum absolute atomic E-state index is 14.0. The summed E-state index contributed by atoms with van der Waals surface area (Å²) < 4.78 is 26.8. The molecule has 2 fully saturated rings. The minimum absolute atomic E-state index is 0.101. The van der Waals surface area contributed by atoms with Gasteiger partial charge < -0.3 is 20.9 Å². The number of carbonyl (C=O) groups excluding carboxylic acids is 2.